The van der Waals surface area contributed by atoms with E-state index in [0.717, 1.165) is 11.1 Å². The van der Waals surface area contributed by atoms with E-state index < -0.39 is 10.0 Å². The van der Waals surface area contributed by atoms with Crippen molar-refractivity contribution in [3.8, 4) is 0 Å². The van der Waals surface area contributed by atoms with E-state index in [9.17, 15) is 13.2 Å². The van der Waals surface area contributed by atoms with Crippen molar-refractivity contribution in [2.45, 2.75) is 30.6 Å². The lowest BCUT2D eigenvalue weighted by Crippen LogP contribution is -2.29. The molecule has 148 valence electrons. The van der Waals surface area contributed by atoms with Gasteiger partial charge < -0.3 is 9.73 Å². The molecule has 0 radical (unpaired) electrons. The molecule has 0 bridgehead atoms. The first-order valence-electron chi connectivity index (χ1n) is 9.14. The predicted molar refractivity (Wildman–Crippen MR) is 108 cm³/mol. The summed E-state index contributed by atoms with van der Waals surface area (Å²) >= 11 is 0. The summed E-state index contributed by atoms with van der Waals surface area (Å²) in [7, 11) is -3.92. The molecule has 1 aliphatic heterocycles. The molecule has 1 atom stereocenters. The highest BCUT2D eigenvalue weighted by Gasteiger charge is 2.29. The highest BCUT2D eigenvalue weighted by atomic mass is 32.2. The van der Waals surface area contributed by atoms with E-state index in [1.54, 1.807) is 25.3 Å². The molecule has 8 heteroatoms. The molecule has 0 amide bonds. The van der Waals surface area contributed by atoms with Gasteiger partial charge in [0.15, 0.2) is 11.6 Å². The normalized spacial score (nSPS) is 15.7. The van der Waals surface area contributed by atoms with Crippen LogP contribution in [0.25, 0.3) is 0 Å². The molecule has 1 N–H and O–H groups in total. The third kappa shape index (κ3) is 3.97. The quantitative estimate of drug-likeness (QED) is 0.666. The number of fused-ring (bicyclic) bond motifs is 1. The SMILES string of the molecule is Cc1ccc2c(c1)S(=O)(=O)N=C(C(=O)CCC(c1ccccc1)c1ncco1)N2. The Morgan fingerprint density at radius 1 is 1.17 bits per heavy atom. The number of Topliss-reactive ketones (excluding diaryl/α,β-unsaturated/α-hetero) is 1. The van der Waals surface area contributed by atoms with E-state index in [2.05, 4.69) is 14.7 Å². The van der Waals surface area contributed by atoms with Crippen LogP contribution in [-0.2, 0) is 14.8 Å². The van der Waals surface area contributed by atoms with Crippen molar-refractivity contribution in [1.82, 2.24) is 4.98 Å². The molecule has 0 aliphatic carbocycles. The Labute approximate surface area is 168 Å². The summed E-state index contributed by atoms with van der Waals surface area (Å²) in [5.74, 6) is -0.255. The fraction of sp³-hybridized carbons (Fsp3) is 0.190. The molecule has 1 aliphatic rings. The number of sulfonamides is 1. The number of carbonyl (C=O) groups excluding carboxylic acids is 1. The number of rotatable bonds is 6. The van der Waals surface area contributed by atoms with Crippen LogP contribution < -0.4 is 5.32 Å². The Kier molecular flexibility index (Phi) is 5.02. The molecule has 1 unspecified atom stereocenters. The van der Waals surface area contributed by atoms with Crippen molar-refractivity contribution in [2.75, 3.05) is 5.32 Å². The molecule has 29 heavy (non-hydrogen) atoms. The van der Waals surface area contributed by atoms with Crippen molar-refractivity contribution in [3.63, 3.8) is 0 Å². The summed E-state index contributed by atoms with van der Waals surface area (Å²) in [6, 6.07) is 14.6. The zero-order chi connectivity index (χ0) is 20.4. The fourth-order valence-corrected chi connectivity index (χ4v) is 4.52. The van der Waals surface area contributed by atoms with Gasteiger partial charge in [0.05, 0.1) is 17.8 Å². The van der Waals surface area contributed by atoms with Gasteiger partial charge in [0.25, 0.3) is 10.0 Å². The smallest absolute Gasteiger partial charge is 0.286 e. The topological polar surface area (TPSA) is 102 Å². The van der Waals surface area contributed by atoms with E-state index in [0.29, 0.717) is 18.0 Å². The number of aryl methyl sites for hydroxylation is 1. The van der Waals surface area contributed by atoms with Crippen LogP contribution in [0.4, 0.5) is 5.69 Å². The summed E-state index contributed by atoms with van der Waals surface area (Å²) in [6.07, 6.45) is 3.55. The van der Waals surface area contributed by atoms with Gasteiger partial charge in [-0.05, 0) is 36.6 Å². The van der Waals surface area contributed by atoms with Gasteiger partial charge in [-0.3, -0.25) is 4.79 Å². The maximum Gasteiger partial charge on any atom is 0.286 e. The fourth-order valence-electron chi connectivity index (χ4n) is 3.31. The Balaban J connectivity index is 1.55. The van der Waals surface area contributed by atoms with Gasteiger partial charge in [0, 0.05) is 6.42 Å². The Hall–Kier alpha value is -3.26. The van der Waals surface area contributed by atoms with Crippen molar-refractivity contribution < 1.29 is 17.6 Å². The first-order valence-corrected chi connectivity index (χ1v) is 10.6. The minimum Gasteiger partial charge on any atom is -0.448 e. The van der Waals surface area contributed by atoms with Crippen LogP contribution >= 0.6 is 0 Å². The molecule has 4 rings (SSSR count). The van der Waals surface area contributed by atoms with Crippen LogP contribution in [0, 0.1) is 6.92 Å². The lowest BCUT2D eigenvalue weighted by Gasteiger charge is -2.18. The maximum atomic E-state index is 12.8. The van der Waals surface area contributed by atoms with Crippen LogP contribution in [0.2, 0.25) is 0 Å². The van der Waals surface area contributed by atoms with E-state index >= 15 is 0 Å². The molecular formula is C21H19N3O4S. The van der Waals surface area contributed by atoms with Crippen molar-refractivity contribution >= 4 is 27.3 Å². The molecule has 1 aromatic heterocycles. The number of aromatic nitrogens is 1. The molecule has 2 aromatic carbocycles. The number of hydrogen-bond acceptors (Lipinski definition) is 6. The minimum atomic E-state index is -3.92. The summed E-state index contributed by atoms with van der Waals surface area (Å²) in [4.78, 5) is 17.1. The zero-order valence-corrected chi connectivity index (χ0v) is 16.5. The minimum absolute atomic E-state index is 0.0796. The highest BCUT2D eigenvalue weighted by molar-refractivity contribution is 7.90. The molecule has 0 fully saturated rings. The Morgan fingerprint density at radius 2 is 1.97 bits per heavy atom. The van der Waals surface area contributed by atoms with Gasteiger partial charge in [-0.15, -0.1) is 4.40 Å². The van der Waals surface area contributed by atoms with Crippen molar-refractivity contribution in [1.29, 1.82) is 0 Å². The van der Waals surface area contributed by atoms with E-state index in [4.69, 9.17) is 4.42 Å². The first-order chi connectivity index (χ1) is 13.9. The molecular weight excluding hydrogens is 390 g/mol. The average Bonchev–Trinajstić information content (AvgIpc) is 3.23. The molecule has 2 heterocycles. The molecule has 0 saturated carbocycles. The number of anilines is 1. The van der Waals surface area contributed by atoms with Gasteiger partial charge >= 0.3 is 0 Å². The number of benzene rings is 2. The average molecular weight is 409 g/mol. The number of carbonyl (C=O) groups is 1. The number of ketones is 1. The molecule has 7 nitrogen and oxygen atoms in total. The van der Waals surface area contributed by atoms with Gasteiger partial charge in [-0.2, -0.15) is 8.42 Å². The zero-order valence-electron chi connectivity index (χ0n) is 15.7. The number of amidine groups is 1. The van der Waals surface area contributed by atoms with Crippen LogP contribution in [-0.4, -0.2) is 25.0 Å². The lowest BCUT2D eigenvalue weighted by molar-refractivity contribution is -0.113. The second-order valence-corrected chi connectivity index (χ2v) is 8.41. The first kappa shape index (κ1) is 19.1. The predicted octanol–water partition coefficient (Wildman–Crippen LogP) is 3.68. The third-order valence-electron chi connectivity index (χ3n) is 4.76. The Bertz CT molecular complexity index is 1170. The maximum absolute atomic E-state index is 12.8. The van der Waals surface area contributed by atoms with Gasteiger partial charge in [0.1, 0.15) is 11.2 Å². The standard InChI is InChI=1S/C21H19N3O4S/c1-14-7-9-17-19(13-14)29(26,27)24-20(23-17)18(25)10-8-16(21-22-11-12-28-21)15-5-3-2-4-6-15/h2-7,9,11-13,16H,8,10H2,1H3,(H,23,24). The summed E-state index contributed by atoms with van der Waals surface area (Å²) in [5.41, 5.74) is 2.13. The number of nitrogens with one attached hydrogen (secondary N) is 1. The van der Waals surface area contributed by atoms with E-state index in [1.165, 1.54) is 12.3 Å². The van der Waals surface area contributed by atoms with E-state index in [1.807, 2.05) is 30.3 Å². The van der Waals surface area contributed by atoms with Crippen LogP contribution in [0.1, 0.15) is 35.8 Å². The van der Waals surface area contributed by atoms with Crippen molar-refractivity contribution in [2.24, 2.45) is 4.40 Å². The van der Waals surface area contributed by atoms with Crippen LogP contribution in [0.5, 0.6) is 0 Å². The second kappa shape index (κ2) is 7.63. The number of hydrogen-bond donors (Lipinski definition) is 1. The summed E-state index contributed by atoms with van der Waals surface area (Å²) in [6.45, 7) is 1.80. The Morgan fingerprint density at radius 3 is 2.69 bits per heavy atom. The van der Waals surface area contributed by atoms with Gasteiger partial charge in [-0.25, -0.2) is 4.98 Å². The van der Waals surface area contributed by atoms with Crippen LogP contribution in [0.15, 0.2) is 74.7 Å². The molecule has 0 saturated heterocycles. The van der Waals surface area contributed by atoms with Gasteiger partial charge in [0.2, 0.25) is 5.89 Å². The van der Waals surface area contributed by atoms with Crippen molar-refractivity contribution in [3.05, 3.63) is 78.0 Å². The highest BCUT2D eigenvalue weighted by Crippen LogP contribution is 2.30. The second-order valence-electron chi connectivity index (χ2n) is 6.84. The largest absolute Gasteiger partial charge is 0.448 e. The summed E-state index contributed by atoms with van der Waals surface area (Å²) < 4.78 is 34.1. The molecule has 0 spiro atoms. The number of oxazole rings is 1. The van der Waals surface area contributed by atoms with Crippen LogP contribution in [0.3, 0.4) is 0 Å². The van der Waals surface area contributed by atoms with Gasteiger partial charge in [-0.1, -0.05) is 36.4 Å². The lowest BCUT2D eigenvalue weighted by atomic mass is 9.93. The van der Waals surface area contributed by atoms with E-state index in [-0.39, 0.29) is 28.9 Å². The summed E-state index contributed by atoms with van der Waals surface area (Å²) in [5, 5.41) is 2.86. The number of nitrogens with zero attached hydrogens (tertiary/aromatic N) is 2. The third-order valence-corrected chi connectivity index (χ3v) is 6.07. The molecule has 3 aromatic rings. The monoisotopic (exact) mass is 409 g/mol.